The minimum atomic E-state index is -0.244. The summed E-state index contributed by atoms with van der Waals surface area (Å²) in [5.74, 6) is 0.0329. The van der Waals surface area contributed by atoms with E-state index in [2.05, 4.69) is 5.32 Å². The third-order valence-corrected chi connectivity index (χ3v) is 3.77. The summed E-state index contributed by atoms with van der Waals surface area (Å²) in [6.07, 6.45) is 0.304. The summed E-state index contributed by atoms with van der Waals surface area (Å²) < 4.78 is 11.0. The minimum absolute atomic E-state index is 0.0329. The highest BCUT2D eigenvalue weighted by molar-refractivity contribution is 6.21. The number of hydrogen-bond acceptors (Lipinski definition) is 3. The highest BCUT2D eigenvalue weighted by atomic mass is 35.5. The molecular formula is C13H14ClNO3. The molecule has 0 spiro atoms. The maximum absolute atomic E-state index is 11.3. The largest absolute Gasteiger partial charge is 0.376 e. The number of anilines is 1. The zero-order valence-corrected chi connectivity index (χ0v) is 10.6. The van der Waals surface area contributed by atoms with Crippen LogP contribution in [0.15, 0.2) is 18.2 Å². The molecule has 2 aliphatic rings. The SMILES string of the molecule is O=C1Cc2cc(C(Cl)C3COCCO3)ccc2N1. The van der Waals surface area contributed by atoms with Gasteiger partial charge in [0.25, 0.3) is 0 Å². The summed E-state index contributed by atoms with van der Waals surface area (Å²) >= 11 is 6.41. The average molecular weight is 268 g/mol. The second-order valence-corrected chi connectivity index (χ2v) is 5.00. The summed E-state index contributed by atoms with van der Waals surface area (Å²) in [6.45, 7) is 1.73. The van der Waals surface area contributed by atoms with Gasteiger partial charge in [0.2, 0.25) is 5.91 Å². The highest BCUT2D eigenvalue weighted by Gasteiger charge is 2.26. The monoisotopic (exact) mass is 267 g/mol. The van der Waals surface area contributed by atoms with E-state index in [0.29, 0.717) is 26.2 Å². The van der Waals surface area contributed by atoms with Crippen LogP contribution in [-0.2, 0) is 20.7 Å². The lowest BCUT2D eigenvalue weighted by Crippen LogP contribution is -2.31. The van der Waals surface area contributed by atoms with Crippen molar-refractivity contribution in [3.05, 3.63) is 29.3 Å². The first-order valence-corrected chi connectivity index (χ1v) is 6.44. The Morgan fingerprint density at radius 2 is 2.28 bits per heavy atom. The van der Waals surface area contributed by atoms with E-state index in [1.165, 1.54) is 0 Å². The molecule has 5 heteroatoms. The van der Waals surface area contributed by atoms with Crippen LogP contribution in [0.25, 0.3) is 0 Å². The van der Waals surface area contributed by atoms with Gasteiger partial charge in [-0.05, 0) is 17.2 Å². The second-order valence-electron chi connectivity index (χ2n) is 4.53. The van der Waals surface area contributed by atoms with Crippen molar-refractivity contribution < 1.29 is 14.3 Å². The third-order valence-electron chi connectivity index (χ3n) is 3.24. The van der Waals surface area contributed by atoms with Crippen molar-refractivity contribution >= 4 is 23.2 Å². The highest BCUT2D eigenvalue weighted by Crippen LogP contribution is 2.32. The number of alkyl halides is 1. The summed E-state index contributed by atoms with van der Waals surface area (Å²) in [7, 11) is 0. The van der Waals surface area contributed by atoms with Crippen LogP contribution in [-0.4, -0.2) is 31.8 Å². The van der Waals surface area contributed by atoms with Crippen LogP contribution in [0.2, 0.25) is 0 Å². The lowest BCUT2D eigenvalue weighted by molar-refractivity contribution is -0.115. The molecule has 4 nitrogen and oxygen atoms in total. The molecule has 0 saturated carbocycles. The Morgan fingerprint density at radius 3 is 3.06 bits per heavy atom. The average Bonchev–Trinajstić information content (AvgIpc) is 2.78. The Labute approximate surface area is 110 Å². The van der Waals surface area contributed by atoms with E-state index in [0.717, 1.165) is 16.8 Å². The van der Waals surface area contributed by atoms with E-state index in [4.69, 9.17) is 21.1 Å². The molecule has 0 radical (unpaired) electrons. The zero-order valence-electron chi connectivity index (χ0n) is 9.82. The number of ether oxygens (including phenoxy) is 2. The van der Waals surface area contributed by atoms with E-state index in [9.17, 15) is 4.79 Å². The van der Waals surface area contributed by atoms with Crippen LogP contribution < -0.4 is 5.32 Å². The Morgan fingerprint density at radius 1 is 1.39 bits per heavy atom. The maximum atomic E-state index is 11.3. The molecule has 2 atom stereocenters. The standard InChI is InChI=1S/C13H14ClNO3/c14-13(11-7-17-3-4-18-11)8-1-2-10-9(5-8)6-12(16)15-10/h1-2,5,11,13H,3-4,6-7H2,(H,15,16). The van der Waals surface area contributed by atoms with Gasteiger partial charge in [-0.3, -0.25) is 4.79 Å². The summed E-state index contributed by atoms with van der Waals surface area (Å²) in [5, 5.41) is 2.56. The van der Waals surface area contributed by atoms with Gasteiger partial charge in [-0.1, -0.05) is 12.1 Å². The molecular weight excluding hydrogens is 254 g/mol. The number of rotatable bonds is 2. The first-order valence-electron chi connectivity index (χ1n) is 6.00. The molecule has 1 aromatic carbocycles. The van der Waals surface area contributed by atoms with E-state index in [-0.39, 0.29) is 17.4 Å². The minimum Gasteiger partial charge on any atom is -0.376 e. The van der Waals surface area contributed by atoms with Crippen LogP contribution in [0.5, 0.6) is 0 Å². The van der Waals surface area contributed by atoms with Gasteiger partial charge in [0, 0.05) is 5.69 Å². The van der Waals surface area contributed by atoms with Crippen LogP contribution in [0.3, 0.4) is 0 Å². The molecule has 1 amide bonds. The molecule has 2 aliphatic heterocycles. The van der Waals surface area contributed by atoms with Crippen LogP contribution in [0, 0.1) is 0 Å². The number of nitrogens with one attached hydrogen (secondary N) is 1. The van der Waals surface area contributed by atoms with Crippen molar-refractivity contribution in [1.82, 2.24) is 0 Å². The van der Waals surface area contributed by atoms with E-state index >= 15 is 0 Å². The number of benzene rings is 1. The fourth-order valence-corrected chi connectivity index (χ4v) is 2.59. The molecule has 2 unspecified atom stereocenters. The third kappa shape index (κ3) is 2.23. The van der Waals surface area contributed by atoms with Crippen LogP contribution in [0.4, 0.5) is 5.69 Å². The van der Waals surface area contributed by atoms with Gasteiger partial charge >= 0.3 is 0 Å². The first kappa shape index (κ1) is 12.0. The fraction of sp³-hybridized carbons (Fsp3) is 0.462. The van der Waals surface area contributed by atoms with Crippen LogP contribution in [0.1, 0.15) is 16.5 Å². The summed E-state index contributed by atoms with van der Waals surface area (Å²) in [5.41, 5.74) is 2.86. The van der Waals surface area contributed by atoms with Gasteiger partial charge in [0.15, 0.2) is 0 Å². The van der Waals surface area contributed by atoms with Crippen LogP contribution >= 0.6 is 11.6 Å². The number of carbonyl (C=O) groups is 1. The van der Waals surface area contributed by atoms with Crippen molar-refractivity contribution in [2.45, 2.75) is 17.9 Å². The molecule has 0 aliphatic carbocycles. The predicted octanol–water partition coefficient (Wildman–Crippen LogP) is 1.88. The fourth-order valence-electron chi connectivity index (χ4n) is 2.31. The molecule has 0 aromatic heterocycles. The van der Waals surface area contributed by atoms with Crippen molar-refractivity contribution in [1.29, 1.82) is 0 Å². The van der Waals surface area contributed by atoms with E-state index in [1.807, 2.05) is 18.2 Å². The van der Waals surface area contributed by atoms with E-state index < -0.39 is 0 Å². The van der Waals surface area contributed by atoms with E-state index in [1.54, 1.807) is 0 Å². The quantitative estimate of drug-likeness (QED) is 0.833. The maximum Gasteiger partial charge on any atom is 0.228 e. The number of fused-ring (bicyclic) bond motifs is 1. The molecule has 1 aromatic rings. The number of halogens is 1. The first-order chi connectivity index (χ1) is 8.74. The number of carbonyl (C=O) groups excluding carboxylic acids is 1. The molecule has 96 valence electrons. The molecule has 1 N–H and O–H groups in total. The summed E-state index contributed by atoms with van der Waals surface area (Å²) in [4.78, 5) is 11.3. The van der Waals surface area contributed by atoms with Gasteiger partial charge in [-0.25, -0.2) is 0 Å². The molecule has 2 heterocycles. The molecule has 1 saturated heterocycles. The van der Waals surface area contributed by atoms with Crippen molar-refractivity contribution in [2.24, 2.45) is 0 Å². The van der Waals surface area contributed by atoms with Gasteiger partial charge in [0.05, 0.1) is 31.6 Å². The van der Waals surface area contributed by atoms with Gasteiger partial charge in [0.1, 0.15) is 6.10 Å². The zero-order chi connectivity index (χ0) is 12.5. The molecule has 0 bridgehead atoms. The predicted molar refractivity (Wildman–Crippen MR) is 67.9 cm³/mol. The lowest BCUT2D eigenvalue weighted by atomic mass is 10.0. The molecule has 1 fully saturated rings. The second kappa shape index (κ2) is 4.88. The Bertz CT molecular complexity index is 471. The van der Waals surface area contributed by atoms with Crippen molar-refractivity contribution in [3.8, 4) is 0 Å². The lowest BCUT2D eigenvalue weighted by Gasteiger charge is -2.27. The van der Waals surface area contributed by atoms with Gasteiger partial charge in [-0.2, -0.15) is 0 Å². The molecule has 3 rings (SSSR count). The number of amides is 1. The normalized spacial score (nSPS) is 24.5. The Hall–Kier alpha value is -1.10. The molecule has 18 heavy (non-hydrogen) atoms. The summed E-state index contributed by atoms with van der Waals surface area (Å²) in [6, 6.07) is 5.80. The smallest absolute Gasteiger partial charge is 0.228 e. The van der Waals surface area contributed by atoms with Crippen molar-refractivity contribution in [2.75, 3.05) is 25.1 Å². The van der Waals surface area contributed by atoms with Gasteiger partial charge < -0.3 is 14.8 Å². The van der Waals surface area contributed by atoms with Gasteiger partial charge in [-0.15, -0.1) is 11.6 Å². The number of hydrogen-bond donors (Lipinski definition) is 1. The van der Waals surface area contributed by atoms with Crippen molar-refractivity contribution in [3.63, 3.8) is 0 Å². The Balaban J connectivity index is 1.80. The Kier molecular flexibility index (Phi) is 3.24. The topological polar surface area (TPSA) is 47.6 Å².